The maximum atomic E-state index is 13.9. The third-order valence-corrected chi connectivity index (χ3v) is 3.68. The predicted octanol–water partition coefficient (Wildman–Crippen LogP) is 2.90. The third kappa shape index (κ3) is 3.04. The summed E-state index contributed by atoms with van der Waals surface area (Å²) in [6.45, 7) is 1.47. The minimum atomic E-state index is -0.386. The summed E-state index contributed by atoms with van der Waals surface area (Å²) in [6, 6.07) is 3.57. The summed E-state index contributed by atoms with van der Waals surface area (Å²) in [5, 5.41) is 3.35. The molecule has 3 rings (SSSR count). The molecule has 1 aromatic heterocycles. The minimum absolute atomic E-state index is 0.103. The number of nitrogens with one attached hydrogen (secondary N) is 1. The Kier molecular flexibility index (Phi) is 3.78. The fourth-order valence-corrected chi connectivity index (χ4v) is 2.48. The molecule has 1 aliphatic rings. The first-order valence-electron chi connectivity index (χ1n) is 6.88. The van der Waals surface area contributed by atoms with E-state index in [1.807, 2.05) is 10.8 Å². The van der Waals surface area contributed by atoms with E-state index in [1.54, 1.807) is 12.5 Å². The molecule has 1 aromatic carbocycles. The van der Waals surface area contributed by atoms with Crippen molar-refractivity contribution < 1.29 is 8.78 Å². The SMILES string of the molecule is Fc1ccc(F)c([C@H](NCCn2ccnc2)C2CC2)c1. The fourth-order valence-electron chi connectivity index (χ4n) is 2.48. The van der Waals surface area contributed by atoms with Gasteiger partial charge in [-0.25, -0.2) is 13.8 Å². The standard InChI is InChI=1S/C15H17F2N3/c16-12-3-4-14(17)13(9-12)15(11-1-2-11)19-6-8-20-7-5-18-10-20/h3-5,7,9-11,15,19H,1-2,6,8H2/t15-/m1/s1. The van der Waals surface area contributed by atoms with Gasteiger partial charge in [-0.05, 0) is 37.0 Å². The van der Waals surface area contributed by atoms with Gasteiger partial charge in [0.15, 0.2) is 0 Å². The van der Waals surface area contributed by atoms with Crippen LogP contribution in [0.1, 0.15) is 24.4 Å². The van der Waals surface area contributed by atoms with Crippen LogP contribution < -0.4 is 5.32 Å². The normalized spacial score (nSPS) is 16.3. The monoisotopic (exact) mass is 277 g/mol. The molecule has 0 aliphatic heterocycles. The van der Waals surface area contributed by atoms with Crippen molar-refractivity contribution >= 4 is 0 Å². The highest BCUT2D eigenvalue weighted by atomic mass is 19.1. The van der Waals surface area contributed by atoms with Crippen LogP contribution in [0.4, 0.5) is 8.78 Å². The molecular weight excluding hydrogens is 260 g/mol. The van der Waals surface area contributed by atoms with Crippen LogP contribution in [0.2, 0.25) is 0 Å². The van der Waals surface area contributed by atoms with Crippen molar-refractivity contribution in [1.82, 2.24) is 14.9 Å². The van der Waals surface area contributed by atoms with E-state index >= 15 is 0 Å². The molecule has 0 bridgehead atoms. The average Bonchev–Trinajstić information content (AvgIpc) is 3.14. The van der Waals surface area contributed by atoms with Crippen LogP contribution in [0.5, 0.6) is 0 Å². The lowest BCUT2D eigenvalue weighted by Crippen LogP contribution is -2.27. The molecule has 5 heteroatoms. The second kappa shape index (κ2) is 5.71. The van der Waals surface area contributed by atoms with E-state index in [-0.39, 0.29) is 17.7 Å². The van der Waals surface area contributed by atoms with Crippen LogP contribution in [0.25, 0.3) is 0 Å². The lowest BCUT2D eigenvalue weighted by Gasteiger charge is -2.19. The molecule has 2 aromatic rings. The lowest BCUT2D eigenvalue weighted by atomic mass is 10.0. The summed E-state index contributed by atoms with van der Waals surface area (Å²) in [4.78, 5) is 3.98. The molecule has 106 valence electrons. The van der Waals surface area contributed by atoms with Gasteiger partial charge in [0.1, 0.15) is 11.6 Å². The third-order valence-electron chi connectivity index (χ3n) is 3.68. The molecule has 20 heavy (non-hydrogen) atoms. The highest BCUT2D eigenvalue weighted by molar-refractivity contribution is 5.24. The van der Waals surface area contributed by atoms with E-state index in [4.69, 9.17) is 0 Å². The zero-order chi connectivity index (χ0) is 13.9. The minimum Gasteiger partial charge on any atom is -0.336 e. The number of hydrogen-bond donors (Lipinski definition) is 1. The first kappa shape index (κ1) is 13.2. The Morgan fingerprint density at radius 2 is 2.20 bits per heavy atom. The Bertz CT molecular complexity index is 565. The van der Waals surface area contributed by atoms with Gasteiger partial charge in [0.25, 0.3) is 0 Å². The largest absolute Gasteiger partial charge is 0.336 e. The lowest BCUT2D eigenvalue weighted by molar-refractivity contribution is 0.439. The Morgan fingerprint density at radius 1 is 1.35 bits per heavy atom. The molecule has 1 aliphatic carbocycles. The Morgan fingerprint density at radius 3 is 2.90 bits per heavy atom. The summed E-state index contributed by atoms with van der Waals surface area (Å²) in [6.07, 6.45) is 7.50. The van der Waals surface area contributed by atoms with E-state index in [2.05, 4.69) is 10.3 Å². The summed E-state index contributed by atoms with van der Waals surface area (Å²) in [5.41, 5.74) is 0.443. The van der Waals surface area contributed by atoms with Crippen molar-refractivity contribution in [1.29, 1.82) is 0 Å². The number of benzene rings is 1. The summed E-state index contributed by atoms with van der Waals surface area (Å²) < 4.78 is 29.2. The molecule has 1 saturated carbocycles. The number of rotatable bonds is 6. The molecule has 3 nitrogen and oxygen atoms in total. The molecule has 0 radical (unpaired) electrons. The molecule has 1 heterocycles. The molecule has 0 unspecified atom stereocenters. The van der Waals surface area contributed by atoms with Crippen molar-refractivity contribution in [3.05, 3.63) is 54.1 Å². The maximum absolute atomic E-state index is 13.9. The smallest absolute Gasteiger partial charge is 0.128 e. The molecule has 0 saturated heterocycles. The number of nitrogens with zero attached hydrogens (tertiary/aromatic N) is 2. The topological polar surface area (TPSA) is 29.9 Å². The molecule has 1 atom stereocenters. The van der Waals surface area contributed by atoms with Gasteiger partial charge in [0.05, 0.1) is 6.33 Å². The maximum Gasteiger partial charge on any atom is 0.128 e. The molecule has 1 N–H and O–H groups in total. The Balaban J connectivity index is 1.67. The number of hydrogen-bond acceptors (Lipinski definition) is 2. The fraction of sp³-hybridized carbons (Fsp3) is 0.400. The molecular formula is C15H17F2N3. The van der Waals surface area contributed by atoms with Gasteiger partial charge >= 0.3 is 0 Å². The zero-order valence-corrected chi connectivity index (χ0v) is 11.1. The predicted molar refractivity (Wildman–Crippen MR) is 72.1 cm³/mol. The zero-order valence-electron chi connectivity index (χ0n) is 11.1. The van der Waals surface area contributed by atoms with Crippen molar-refractivity contribution in [2.75, 3.05) is 6.54 Å². The average molecular weight is 277 g/mol. The summed E-state index contributed by atoms with van der Waals surface area (Å²) >= 11 is 0. The quantitative estimate of drug-likeness (QED) is 0.880. The molecule has 0 spiro atoms. The van der Waals surface area contributed by atoms with E-state index in [9.17, 15) is 8.78 Å². The van der Waals surface area contributed by atoms with E-state index < -0.39 is 0 Å². The number of imidazole rings is 1. The summed E-state index contributed by atoms with van der Waals surface area (Å²) in [5.74, 6) is -0.309. The van der Waals surface area contributed by atoms with Crippen molar-refractivity contribution in [2.24, 2.45) is 5.92 Å². The Hall–Kier alpha value is -1.75. The van der Waals surface area contributed by atoms with E-state index in [0.29, 0.717) is 18.0 Å². The van der Waals surface area contributed by atoms with E-state index in [0.717, 1.165) is 25.5 Å². The van der Waals surface area contributed by atoms with Gasteiger partial charge in [-0.2, -0.15) is 0 Å². The van der Waals surface area contributed by atoms with Gasteiger partial charge in [-0.3, -0.25) is 0 Å². The van der Waals surface area contributed by atoms with Crippen LogP contribution >= 0.6 is 0 Å². The second-order valence-electron chi connectivity index (χ2n) is 5.24. The van der Waals surface area contributed by atoms with Crippen LogP contribution in [0, 0.1) is 17.6 Å². The summed E-state index contributed by atoms with van der Waals surface area (Å²) in [7, 11) is 0. The first-order valence-corrected chi connectivity index (χ1v) is 6.88. The first-order chi connectivity index (χ1) is 9.74. The number of halogens is 2. The van der Waals surface area contributed by atoms with Crippen LogP contribution in [0.3, 0.4) is 0 Å². The van der Waals surface area contributed by atoms with Crippen LogP contribution in [-0.4, -0.2) is 16.1 Å². The van der Waals surface area contributed by atoms with Crippen molar-refractivity contribution in [3.63, 3.8) is 0 Å². The van der Waals surface area contributed by atoms with Gasteiger partial charge in [0.2, 0.25) is 0 Å². The number of aromatic nitrogens is 2. The van der Waals surface area contributed by atoms with Crippen molar-refractivity contribution in [2.45, 2.75) is 25.4 Å². The second-order valence-corrected chi connectivity index (χ2v) is 5.24. The van der Waals surface area contributed by atoms with Gasteiger partial charge in [-0.15, -0.1) is 0 Å². The highest BCUT2D eigenvalue weighted by Gasteiger charge is 2.33. The van der Waals surface area contributed by atoms with E-state index in [1.165, 1.54) is 12.1 Å². The Labute approximate surface area is 116 Å². The molecule has 0 amide bonds. The van der Waals surface area contributed by atoms with Gasteiger partial charge in [0, 0.05) is 37.1 Å². The van der Waals surface area contributed by atoms with Crippen LogP contribution in [0.15, 0.2) is 36.9 Å². The highest BCUT2D eigenvalue weighted by Crippen LogP contribution is 2.41. The van der Waals surface area contributed by atoms with Gasteiger partial charge < -0.3 is 9.88 Å². The van der Waals surface area contributed by atoms with Crippen molar-refractivity contribution in [3.8, 4) is 0 Å². The van der Waals surface area contributed by atoms with Crippen LogP contribution in [-0.2, 0) is 6.54 Å². The molecule has 1 fully saturated rings. The van der Waals surface area contributed by atoms with Gasteiger partial charge in [-0.1, -0.05) is 0 Å².